The second kappa shape index (κ2) is 10.6. The Kier molecular flexibility index (Phi) is 7.59. The highest BCUT2D eigenvalue weighted by Gasteiger charge is 2.22. The lowest BCUT2D eigenvalue weighted by Gasteiger charge is -2.15. The van der Waals surface area contributed by atoms with Crippen LogP contribution >= 0.6 is 0 Å². The standard InChI is InChI=1S/C23H27N3O5/c1-15(22(29)26-23(30)25-18-10-3-4-11-18)31-21(28)14-24-20(27)13-17-9-6-8-16-7-2-5-12-19(16)17/h2,5-9,12,15,18H,3-4,10-11,13-14H2,1H3,(H,24,27)(H2,25,26,29,30)/t15-/m0/s1. The van der Waals surface area contributed by atoms with E-state index >= 15 is 0 Å². The Morgan fingerprint density at radius 2 is 1.74 bits per heavy atom. The maximum Gasteiger partial charge on any atom is 0.326 e. The second-order valence-electron chi connectivity index (χ2n) is 7.67. The first-order valence-electron chi connectivity index (χ1n) is 10.5. The number of amides is 4. The van der Waals surface area contributed by atoms with Gasteiger partial charge in [0.05, 0.1) is 6.42 Å². The quantitative estimate of drug-likeness (QED) is 0.589. The van der Waals surface area contributed by atoms with E-state index < -0.39 is 24.0 Å². The summed E-state index contributed by atoms with van der Waals surface area (Å²) < 4.78 is 5.01. The van der Waals surface area contributed by atoms with Gasteiger partial charge in [-0.15, -0.1) is 0 Å². The molecule has 0 aliphatic heterocycles. The summed E-state index contributed by atoms with van der Waals surface area (Å²) >= 11 is 0. The van der Waals surface area contributed by atoms with Gasteiger partial charge in [-0.2, -0.15) is 0 Å². The molecule has 1 aliphatic rings. The maximum atomic E-state index is 12.2. The zero-order valence-corrected chi connectivity index (χ0v) is 17.5. The summed E-state index contributed by atoms with van der Waals surface area (Å²) in [5.74, 6) is -1.81. The molecule has 1 fully saturated rings. The molecule has 0 saturated heterocycles. The summed E-state index contributed by atoms with van der Waals surface area (Å²) in [5.41, 5.74) is 0.852. The van der Waals surface area contributed by atoms with Crippen LogP contribution in [-0.2, 0) is 25.5 Å². The largest absolute Gasteiger partial charge is 0.451 e. The molecule has 1 saturated carbocycles. The average Bonchev–Trinajstić information content (AvgIpc) is 3.25. The molecule has 3 N–H and O–H groups in total. The lowest BCUT2D eigenvalue weighted by molar-refractivity contribution is -0.154. The fraction of sp³-hybridized carbons (Fsp3) is 0.391. The topological polar surface area (TPSA) is 114 Å². The molecular formula is C23H27N3O5. The zero-order chi connectivity index (χ0) is 22.2. The second-order valence-corrected chi connectivity index (χ2v) is 7.67. The minimum absolute atomic E-state index is 0.0719. The molecule has 0 aromatic heterocycles. The molecule has 3 rings (SSSR count). The molecule has 0 bridgehead atoms. The molecule has 164 valence electrons. The zero-order valence-electron chi connectivity index (χ0n) is 17.5. The Labute approximate surface area is 180 Å². The van der Waals surface area contributed by atoms with Crippen molar-refractivity contribution in [2.75, 3.05) is 6.54 Å². The number of urea groups is 1. The first-order chi connectivity index (χ1) is 14.9. The number of carbonyl (C=O) groups excluding carboxylic acids is 4. The van der Waals surface area contributed by atoms with Gasteiger partial charge >= 0.3 is 12.0 Å². The molecule has 4 amide bonds. The van der Waals surface area contributed by atoms with Gasteiger partial charge in [0.25, 0.3) is 5.91 Å². The van der Waals surface area contributed by atoms with Gasteiger partial charge in [-0.25, -0.2) is 4.79 Å². The van der Waals surface area contributed by atoms with Crippen LogP contribution in [-0.4, -0.2) is 42.5 Å². The molecule has 8 nitrogen and oxygen atoms in total. The Morgan fingerprint density at radius 1 is 1.03 bits per heavy atom. The highest BCUT2D eigenvalue weighted by Crippen LogP contribution is 2.19. The van der Waals surface area contributed by atoms with E-state index in [1.165, 1.54) is 6.92 Å². The average molecular weight is 425 g/mol. The van der Waals surface area contributed by atoms with E-state index in [0.29, 0.717) is 0 Å². The number of rotatable bonds is 7. The van der Waals surface area contributed by atoms with Gasteiger partial charge in [0, 0.05) is 6.04 Å². The van der Waals surface area contributed by atoms with E-state index in [9.17, 15) is 19.2 Å². The molecule has 0 heterocycles. The van der Waals surface area contributed by atoms with Gasteiger partial charge in [0.2, 0.25) is 5.91 Å². The number of carbonyl (C=O) groups is 4. The molecule has 2 aromatic carbocycles. The molecule has 31 heavy (non-hydrogen) atoms. The van der Waals surface area contributed by atoms with Crippen LogP contribution in [0.5, 0.6) is 0 Å². The van der Waals surface area contributed by atoms with Gasteiger partial charge in [-0.1, -0.05) is 55.3 Å². The van der Waals surface area contributed by atoms with Crippen LogP contribution in [0.3, 0.4) is 0 Å². The molecule has 0 spiro atoms. The monoisotopic (exact) mass is 425 g/mol. The van der Waals surface area contributed by atoms with Gasteiger partial charge in [0.1, 0.15) is 6.54 Å². The van der Waals surface area contributed by atoms with Gasteiger partial charge in [-0.3, -0.25) is 19.7 Å². The molecule has 1 atom stereocenters. The van der Waals surface area contributed by atoms with Crippen molar-refractivity contribution in [3.8, 4) is 0 Å². The first-order valence-corrected chi connectivity index (χ1v) is 10.5. The summed E-state index contributed by atoms with van der Waals surface area (Å²) in [5, 5.41) is 9.41. The van der Waals surface area contributed by atoms with E-state index in [0.717, 1.165) is 42.0 Å². The summed E-state index contributed by atoms with van der Waals surface area (Å²) in [6.45, 7) is 1.00. The first kappa shape index (κ1) is 22.3. The minimum atomic E-state index is -1.16. The molecule has 2 aromatic rings. The Bertz CT molecular complexity index is 963. The summed E-state index contributed by atoms with van der Waals surface area (Å²) in [7, 11) is 0. The van der Waals surface area contributed by atoms with E-state index in [1.54, 1.807) is 0 Å². The van der Waals surface area contributed by atoms with Crippen LogP contribution in [0.4, 0.5) is 4.79 Å². The lowest BCUT2D eigenvalue weighted by atomic mass is 10.0. The highest BCUT2D eigenvalue weighted by molar-refractivity contribution is 5.97. The number of fused-ring (bicyclic) bond motifs is 1. The van der Waals surface area contributed by atoms with Gasteiger partial charge < -0.3 is 15.4 Å². The van der Waals surface area contributed by atoms with Crippen LogP contribution in [0.1, 0.15) is 38.2 Å². The van der Waals surface area contributed by atoms with Crippen molar-refractivity contribution < 1.29 is 23.9 Å². The number of hydrogen-bond acceptors (Lipinski definition) is 5. The van der Waals surface area contributed by atoms with Crippen LogP contribution in [0.2, 0.25) is 0 Å². The molecule has 1 aliphatic carbocycles. The van der Waals surface area contributed by atoms with Crippen LogP contribution in [0.15, 0.2) is 42.5 Å². The number of ether oxygens (including phenoxy) is 1. The fourth-order valence-corrected chi connectivity index (χ4v) is 3.65. The van der Waals surface area contributed by atoms with E-state index in [-0.39, 0.29) is 24.9 Å². The smallest absolute Gasteiger partial charge is 0.326 e. The Hall–Kier alpha value is -3.42. The van der Waals surface area contributed by atoms with Crippen molar-refractivity contribution >= 4 is 34.6 Å². The van der Waals surface area contributed by atoms with Crippen LogP contribution in [0, 0.1) is 0 Å². The van der Waals surface area contributed by atoms with Crippen molar-refractivity contribution in [1.29, 1.82) is 0 Å². The number of nitrogens with one attached hydrogen (secondary N) is 3. The minimum Gasteiger partial charge on any atom is -0.451 e. The van der Waals surface area contributed by atoms with Crippen molar-refractivity contribution in [2.45, 2.75) is 51.2 Å². The van der Waals surface area contributed by atoms with Crippen molar-refractivity contribution in [1.82, 2.24) is 16.0 Å². The maximum absolute atomic E-state index is 12.2. The molecular weight excluding hydrogens is 398 g/mol. The van der Waals surface area contributed by atoms with Crippen LogP contribution in [0.25, 0.3) is 10.8 Å². The van der Waals surface area contributed by atoms with E-state index in [1.807, 2.05) is 42.5 Å². The van der Waals surface area contributed by atoms with E-state index in [4.69, 9.17) is 4.74 Å². The molecule has 0 radical (unpaired) electrons. The SMILES string of the molecule is C[C@H](OC(=O)CNC(=O)Cc1cccc2ccccc12)C(=O)NC(=O)NC1CCCC1. The number of hydrogen-bond donors (Lipinski definition) is 3. The summed E-state index contributed by atoms with van der Waals surface area (Å²) in [4.78, 5) is 48.1. The van der Waals surface area contributed by atoms with Gasteiger partial charge in [-0.05, 0) is 36.1 Å². The number of benzene rings is 2. The Balaban J connectivity index is 1.40. The molecule has 0 unspecified atom stereocenters. The van der Waals surface area contributed by atoms with E-state index in [2.05, 4.69) is 16.0 Å². The van der Waals surface area contributed by atoms with Crippen molar-refractivity contribution in [3.05, 3.63) is 48.0 Å². The Morgan fingerprint density at radius 3 is 2.52 bits per heavy atom. The number of imide groups is 1. The highest BCUT2D eigenvalue weighted by atomic mass is 16.5. The van der Waals surface area contributed by atoms with Crippen molar-refractivity contribution in [3.63, 3.8) is 0 Å². The number of esters is 1. The molecule has 8 heteroatoms. The normalized spacial score (nSPS) is 14.6. The summed E-state index contributed by atoms with van der Waals surface area (Å²) in [6, 6.07) is 12.9. The van der Waals surface area contributed by atoms with Gasteiger partial charge in [0.15, 0.2) is 6.10 Å². The van der Waals surface area contributed by atoms with Crippen molar-refractivity contribution in [2.24, 2.45) is 0 Å². The van der Waals surface area contributed by atoms with Crippen LogP contribution < -0.4 is 16.0 Å². The predicted octanol–water partition coefficient (Wildman–Crippen LogP) is 2.20. The predicted molar refractivity (Wildman–Crippen MR) is 115 cm³/mol. The lowest BCUT2D eigenvalue weighted by Crippen LogP contribution is -2.47. The summed E-state index contributed by atoms with van der Waals surface area (Å²) in [6.07, 6.45) is 2.86. The third-order valence-corrected chi connectivity index (χ3v) is 5.27. The third kappa shape index (κ3) is 6.53. The fourth-order valence-electron chi connectivity index (χ4n) is 3.65. The third-order valence-electron chi connectivity index (χ3n) is 5.27.